The first-order valence-corrected chi connectivity index (χ1v) is 8.51. The summed E-state index contributed by atoms with van der Waals surface area (Å²) in [6.45, 7) is 1.97. The summed E-state index contributed by atoms with van der Waals surface area (Å²) in [7, 11) is 3.12. The van der Waals surface area contributed by atoms with E-state index in [1.54, 1.807) is 20.5 Å². The van der Waals surface area contributed by atoms with E-state index in [-0.39, 0.29) is 11.8 Å². The summed E-state index contributed by atoms with van der Waals surface area (Å²) in [6.07, 6.45) is 2.80. The fourth-order valence-corrected chi connectivity index (χ4v) is 3.19. The highest BCUT2D eigenvalue weighted by Gasteiger charge is 2.26. The van der Waals surface area contributed by atoms with Crippen molar-refractivity contribution >= 4 is 22.6 Å². The van der Waals surface area contributed by atoms with Crippen LogP contribution in [0, 0.1) is 5.92 Å². The predicted molar refractivity (Wildman–Crippen MR) is 95.3 cm³/mol. The summed E-state index contributed by atoms with van der Waals surface area (Å²) < 4.78 is 10.2. The summed E-state index contributed by atoms with van der Waals surface area (Å²) >= 11 is 0. The highest BCUT2D eigenvalue weighted by Crippen LogP contribution is 2.27. The molecule has 1 N–H and O–H groups in total. The zero-order valence-electron chi connectivity index (χ0n) is 14.6. The van der Waals surface area contributed by atoms with Gasteiger partial charge in [0.05, 0.1) is 12.1 Å². The first-order valence-electron chi connectivity index (χ1n) is 8.51. The zero-order valence-corrected chi connectivity index (χ0v) is 14.6. The predicted octanol–water partition coefficient (Wildman–Crippen LogP) is 1.58. The SMILES string of the molecule is COC(CNC(=O)C1CCN(c2ncnc3ccccc23)CC1)OC. The number of para-hydroxylation sites is 1. The van der Waals surface area contributed by atoms with Gasteiger partial charge < -0.3 is 19.7 Å². The number of ether oxygens (including phenoxy) is 2. The third kappa shape index (κ3) is 4.05. The molecule has 1 saturated heterocycles. The normalized spacial score (nSPS) is 15.7. The average molecular weight is 344 g/mol. The Morgan fingerprint density at radius 2 is 1.96 bits per heavy atom. The van der Waals surface area contributed by atoms with Crippen LogP contribution in [0.1, 0.15) is 12.8 Å². The fraction of sp³-hybridized carbons (Fsp3) is 0.500. The minimum absolute atomic E-state index is 0.0127. The van der Waals surface area contributed by atoms with E-state index in [9.17, 15) is 4.79 Å². The Morgan fingerprint density at radius 1 is 1.24 bits per heavy atom. The lowest BCUT2D eigenvalue weighted by Gasteiger charge is -2.32. The van der Waals surface area contributed by atoms with E-state index in [4.69, 9.17) is 9.47 Å². The molecule has 0 saturated carbocycles. The molecule has 2 aromatic rings. The Labute approximate surface area is 147 Å². The van der Waals surface area contributed by atoms with Crippen molar-refractivity contribution in [2.75, 3.05) is 38.8 Å². The van der Waals surface area contributed by atoms with Gasteiger partial charge in [-0.05, 0) is 25.0 Å². The van der Waals surface area contributed by atoms with Crippen LogP contribution in [0.4, 0.5) is 5.82 Å². The Kier molecular flexibility index (Phi) is 5.78. The van der Waals surface area contributed by atoms with E-state index >= 15 is 0 Å². The number of rotatable bonds is 6. The highest BCUT2D eigenvalue weighted by atomic mass is 16.7. The van der Waals surface area contributed by atoms with Crippen molar-refractivity contribution in [2.45, 2.75) is 19.1 Å². The number of carbonyl (C=O) groups excluding carboxylic acids is 1. The summed E-state index contributed by atoms with van der Waals surface area (Å²) in [6, 6.07) is 8.00. The largest absolute Gasteiger partial charge is 0.356 e. The van der Waals surface area contributed by atoms with Crippen LogP contribution >= 0.6 is 0 Å². The zero-order chi connectivity index (χ0) is 17.6. The van der Waals surface area contributed by atoms with Crippen LogP contribution in [-0.2, 0) is 14.3 Å². The number of nitrogens with zero attached hydrogens (tertiary/aromatic N) is 3. The maximum Gasteiger partial charge on any atom is 0.223 e. The minimum Gasteiger partial charge on any atom is -0.356 e. The van der Waals surface area contributed by atoms with Crippen LogP contribution in [0.25, 0.3) is 10.9 Å². The van der Waals surface area contributed by atoms with Gasteiger partial charge in [0.2, 0.25) is 5.91 Å². The lowest BCUT2D eigenvalue weighted by Crippen LogP contribution is -2.43. The Hall–Kier alpha value is -2.25. The smallest absolute Gasteiger partial charge is 0.223 e. The molecule has 1 amide bonds. The molecule has 0 radical (unpaired) electrons. The molecule has 1 aliphatic rings. The summed E-state index contributed by atoms with van der Waals surface area (Å²) in [4.78, 5) is 23.3. The van der Waals surface area contributed by atoms with Gasteiger partial charge in [0.1, 0.15) is 12.1 Å². The Bertz CT molecular complexity index is 707. The molecule has 1 aromatic heterocycles. The van der Waals surface area contributed by atoms with Gasteiger partial charge in [0.25, 0.3) is 0 Å². The number of carbonyl (C=O) groups is 1. The first kappa shape index (κ1) is 17.6. The third-order valence-corrected chi connectivity index (χ3v) is 4.66. The second-order valence-electron chi connectivity index (χ2n) is 6.12. The van der Waals surface area contributed by atoms with Crippen molar-refractivity contribution in [3.05, 3.63) is 30.6 Å². The van der Waals surface area contributed by atoms with E-state index in [1.165, 1.54) is 0 Å². The van der Waals surface area contributed by atoms with Crippen molar-refractivity contribution in [3.8, 4) is 0 Å². The molecule has 2 heterocycles. The lowest BCUT2D eigenvalue weighted by molar-refractivity contribution is -0.131. The number of nitrogens with one attached hydrogen (secondary N) is 1. The summed E-state index contributed by atoms with van der Waals surface area (Å²) in [5, 5.41) is 3.96. The van der Waals surface area contributed by atoms with Crippen LogP contribution in [0.5, 0.6) is 0 Å². The Balaban J connectivity index is 1.59. The van der Waals surface area contributed by atoms with Crippen molar-refractivity contribution in [1.29, 1.82) is 0 Å². The van der Waals surface area contributed by atoms with E-state index in [1.807, 2.05) is 24.3 Å². The number of hydrogen-bond donors (Lipinski definition) is 1. The molecule has 1 aromatic carbocycles. The van der Waals surface area contributed by atoms with Gasteiger partial charge in [-0.1, -0.05) is 12.1 Å². The maximum atomic E-state index is 12.3. The molecule has 1 aliphatic heterocycles. The fourth-order valence-electron chi connectivity index (χ4n) is 3.19. The number of amides is 1. The molecule has 7 nitrogen and oxygen atoms in total. The number of fused-ring (bicyclic) bond motifs is 1. The van der Waals surface area contributed by atoms with Crippen LogP contribution in [0.2, 0.25) is 0 Å². The number of anilines is 1. The van der Waals surface area contributed by atoms with Crippen LogP contribution < -0.4 is 10.2 Å². The second-order valence-corrected chi connectivity index (χ2v) is 6.12. The molecule has 3 rings (SSSR count). The molecular formula is C18H24N4O3. The van der Waals surface area contributed by atoms with Crippen molar-refractivity contribution in [3.63, 3.8) is 0 Å². The molecule has 0 atom stereocenters. The number of aromatic nitrogens is 2. The van der Waals surface area contributed by atoms with E-state index in [0.717, 1.165) is 42.7 Å². The lowest BCUT2D eigenvalue weighted by atomic mass is 9.95. The van der Waals surface area contributed by atoms with Gasteiger partial charge in [-0.25, -0.2) is 9.97 Å². The molecule has 0 unspecified atom stereocenters. The second kappa shape index (κ2) is 8.22. The molecule has 134 valence electrons. The highest BCUT2D eigenvalue weighted by molar-refractivity contribution is 5.89. The number of methoxy groups -OCH3 is 2. The number of benzene rings is 1. The van der Waals surface area contributed by atoms with Gasteiger partial charge in [0.15, 0.2) is 6.29 Å². The topological polar surface area (TPSA) is 76.6 Å². The maximum absolute atomic E-state index is 12.3. The van der Waals surface area contributed by atoms with Crippen LogP contribution in [-0.4, -0.2) is 56.0 Å². The van der Waals surface area contributed by atoms with E-state index in [2.05, 4.69) is 20.2 Å². The quantitative estimate of drug-likeness (QED) is 0.802. The monoisotopic (exact) mass is 344 g/mol. The van der Waals surface area contributed by atoms with E-state index in [0.29, 0.717) is 6.54 Å². The molecule has 0 bridgehead atoms. The third-order valence-electron chi connectivity index (χ3n) is 4.66. The van der Waals surface area contributed by atoms with Gasteiger partial charge >= 0.3 is 0 Å². The van der Waals surface area contributed by atoms with Gasteiger partial charge in [-0.3, -0.25) is 4.79 Å². The first-order chi connectivity index (χ1) is 12.2. The minimum atomic E-state index is -0.406. The van der Waals surface area contributed by atoms with Crippen molar-refractivity contribution < 1.29 is 14.3 Å². The molecule has 7 heteroatoms. The van der Waals surface area contributed by atoms with Crippen LogP contribution in [0.15, 0.2) is 30.6 Å². The molecule has 1 fully saturated rings. The average Bonchev–Trinajstić information content (AvgIpc) is 2.68. The van der Waals surface area contributed by atoms with Crippen molar-refractivity contribution in [2.24, 2.45) is 5.92 Å². The van der Waals surface area contributed by atoms with Crippen LogP contribution in [0.3, 0.4) is 0 Å². The Morgan fingerprint density at radius 3 is 2.68 bits per heavy atom. The summed E-state index contributed by atoms with van der Waals surface area (Å²) in [5.41, 5.74) is 0.942. The van der Waals surface area contributed by atoms with Gasteiger partial charge in [0, 0.05) is 38.6 Å². The number of hydrogen-bond acceptors (Lipinski definition) is 6. The van der Waals surface area contributed by atoms with Gasteiger partial charge in [-0.2, -0.15) is 0 Å². The molecule has 0 spiro atoms. The molecular weight excluding hydrogens is 320 g/mol. The van der Waals surface area contributed by atoms with Gasteiger partial charge in [-0.15, -0.1) is 0 Å². The standard InChI is InChI=1S/C18H24N4O3/c1-24-16(25-2)11-19-18(23)13-7-9-22(10-8-13)17-14-5-3-4-6-15(14)20-12-21-17/h3-6,12-13,16H,7-11H2,1-2H3,(H,19,23). The van der Waals surface area contributed by atoms with Crippen molar-refractivity contribution in [1.82, 2.24) is 15.3 Å². The molecule has 25 heavy (non-hydrogen) atoms. The number of piperidine rings is 1. The van der Waals surface area contributed by atoms with E-state index < -0.39 is 6.29 Å². The summed E-state index contributed by atoms with van der Waals surface area (Å²) in [5.74, 6) is 1.02. The molecule has 0 aliphatic carbocycles.